The Morgan fingerprint density at radius 2 is 2.20 bits per heavy atom. The highest BCUT2D eigenvalue weighted by Gasteiger charge is 2.15. The number of hydrogen-bond donors (Lipinski definition) is 3. The summed E-state index contributed by atoms with van der Waals surface area (Å²) < 4.78 is 18.4. The number of pyridine rings is 1. The third-order valence-corrected chi connectivity index (χ3v) is 2.31. The molecule has 0 aliphatic rings. The maximum absolute atomic E-state index is 14.0. The van der Waals surface area contributed by atoms with Gasteiger partial charge >= 0.3 is 6.09 Å². The minimum Gasteiger partial charge on any atom is -0.448 e. The molecule has 0 aliphatic carbocycles. The SMILES string of the molecule is CCCNc1nccc(C(=O)NCCOC(N)=O)c1F. The number of rotatable bonds is 7. The number of ether oxygens (including phenoxy) is 1. The Morgan fingerprint density at radius 1 is 1.45 bits per heavy atom. The van der Waals surface area contributed by atoms with Crippen LogP contribution in [-0.2, 0) is 4.74 Å². The number of nitrogens with zero attached hydrogens (tertiary/aromatic N) is 1. The Balaban J connectivity index is 2.61. The van der Waals surface area contributed by atoms with Crippen molar-refractivity contribution in [3.05, 3.63) is 23.6 Å². The number of halogens is 1. The number of carbonyl (C=O) groups excluding carboxylic acids is 2. The zero-order chi connectivity index (χ0) is 15.0. The van der Waals surface area contributed by atoms with Crippen molar-refractivity contribution in [2.45, 2.75) is 13.3 Å². The summed E-state index contributed by atoms with van der Waals surface area (Å²) in [6.45, 7) is 2.46. The normalized spacial score (nSPS) is 9.90. The van der Waals surface area contributed by atoms with Crippen LogP contribution in [0, 0.1) is 5.82 Å². The Kier molecular flexibility index (Phi) is 6.21. The molecular formula is C12H17FN4O3. The lowest BCUT2D eigenvalue weighted by molar-refractivity contribution is 0.0932. The van der Waals surface area contributed by atoms with Gasteiger partial charge in [-0.25, -0.2) is 14.2 Å². The van der Waals surface area contributed by atoms with Gasteiger partial charge in [0.15, 0.2) is 11.6 Å². The molecule has 0 aromatic carbocycles. The molecule has 8 heteroatoms. The van der Waals surface area contributed by atoms with E-state index < -0.39 is 17.8 Å². The fraction of sp³-hybridized carbons (Fsp3) is 0.417. The number of primary amides is 1. The molecule has 0 unspecified atom stereocenters. The molecule has 0 radical (unpaired) electrons. The molecule has 110 valence electrons. The Bertz CT molecular complexity index is 482. The minimum absolute atomic E-state index is 0.0351. The third kappa shape index (κ3) is 4.71. The average molecular weight is 284 g/mol. The van der Waals surface area contributed by atoms with Gasteiger partial charge in [-0.2, -0.15) is 0 Å². The molecule has 1 aromatic rings. The highest BCUT2D eigenvalue weighted by atomic mass is 19.1. The van der Waals surface area contributed by atoms with Crippen molar-refractivity contribution in [3.63, 3.8) is 0 Å². The summed E-state index contributed by atoms with van der Waals surface area (Å²) in [6, 6.07) is 1.27. The topological polar surface area (TPSA) is 106 Å². The van der Waals surface area contributed by atoms with E-state index in [9.17, 15) is 14.0 Å². The summed E-state index contributed by atoms with van der Waals surface area (Å²) in [5.74, 6) is -1.29. The molecule has 4 N–H and O–H groups in total. The minimum atomic E-state index is -0.930. The van der Waals surface area contributed by atoms with E-state index in [0.29, 0.717) is 6.54 Å². The van der Waals surface area contributed by atoms with Crippen LogP contribution < -0.4 is 16.4 Å². The Hall–Kier alpha value is -2.38. The van der Waals surface area contributed by atoms with Gasteiger partial charge in [-0.15, -0.1) is 0 Å². The smallest absolute Gasteiger partial charge is 0.404 e. The number of hydrogen-bond acceptors (Lipinski definition) is 5. The third-order valence-electron chi connectivity index (χ3n) is 2.31. The average Bonchev–Trinajstić information content (AvgIpc) is 2.42. The maximum Gasteiger partial charge on any atom is 0.404 e. The second-order valence-electron chi connectivity index (χ2n) is 3.87. The van der Waals surface area contributed by atoms with E-state index in [1.807, 2.05) is 6.92 Å². The van der Waals surface area contributed by atoms with Gasteiger partial charge in [-0.3, -0.25) is 4.79 Å². The molecule has 1 aromatic heterocycles. The summed E-state index contributed by atoms with van der Waals surface area (Å²) >= 11 is 0. The van der Waals surface area contributed by atoms with E-state index in [2.05, 4.69) is 20.4 Å². The molecule has 0 bridgehead atoms. The number of carbonyl (C=O) groups is 2. The predicted octanol–water partition coefficient (Wildman–Crippen LogP) is 0.868. The summed E-state index contributed by atoms with van der Waals surface area (Å²) in [5.41, 5.74) is 4.63. The van der Waals surface area contributed by atoms with Crippen LogP contribution in [0.4, 0.5) is 15.0 Å². The maximum atomic E-state index is 14.0. The first-order valence-corrected chi connectivity index (χ1v) is 6.15. The largest absolute Gasteiger partial charge is 0.448 e. The number of aromatic nitrogens is 1. The molecule has 0 atom stereocenters. The van der Waals surface area contributed by atoms with Crippen LogP contribution in [0.2, 0.25) is 0 Å². The van der Waals surface area contributed by atoms with Crippen LogP contribution >= 0.6 is 0 Å². The molecular weight excluding hydrogens is 267 g/mol. The molecule has 0 saturated heterocycles. The van der Waals surface area contributed by atoms with E-state index in [-0.39, 0.29) is 24.5 Å². The molecule has 0 fully saturated rings. The van der Waals surface area contributed by atoms with Crippen molar-refractivity contribution in [2.75, 3.05) is 25.0 Å². The fourth-order valence-electron chi connectivity index (χ4n) is 1.40. The number of nitrogens with one attached hydrogen (secondary N) is 2. The van der Waals surface area contributed by atoms with Crippen LogP contribution in [0.5, 0.6) is 0 Å². The molecule has 0 saturated carbocycles. The second kappa shape index (κ2) is 7.93. The van der Waals surface area contributed by atoms with Crippen LogP contribution in [0.1, 0.15) is 23.7 Å². The van der Waals surface area contributed by atoms with Crippen LogP contribution in [0.25, 0.3) is 0 Å². The van der Waals surface area contributed by atoms with Gasteiger partial charge in [0.2, 0.25) is 0 Å². The standard InChI is InChI=1S/C12H17FN4O3/c1-2-4-15-10-9(13)8(3-5-16-10)11(18)17-6-7-20-12(14)19/h3,5H,2,4,6-7H2,1H3,(H2,14,19)(H,15,16)(H,17,18). The first-order chi connectivity index (χ1) is 9.56. The van der Waals surface area contributed by atoms with E-state index >= 15 is 0 Å². The first kappa shape index (κ1) is 15.7. The molecule has 1 heterocycles. The fourth-order valence-corrected chi connectivity index (χ4v) is 1.40. The van der Waals surface area contributed by atoms with Gasteiger partial charge in [-0.05, 0) is 12.5 Å². The van der Waals surface area contributed by atoms with Crippen molar-refractivity contribution >= 4 is 17.8 Å². The van der Waals surface area contributed by atoms with Crippen molar-refractivity contribution < 1.29 is 18.7 Å². The summed E-state index contributed by atoms with van der Waals surface area (Å²) in [7, 11) is 0. The van der Waals surface area contributed by atoms with E-state index in [0.717, 1.165) is 6.42 Å². The monoisotopic (exact) mass is 284 g/mol. The first-order valence-electron chi connectivity index (χ1n) is 6.15. The van der Waals surface area contributed by atoms with Crippen LogP contribution in [-0.4, -0.2) is 36.7 Å². The number of nitrogens with two attached hydrogens (primary N) is 1. The van der Waals surface area contributed by atoms with Gasteiger partial charge in [0.1, 0.15) is 6.61 Å². The number of anilines is 1. The van der Waals surface area contributed by atoms with Crippen LogP contribution in [0.15, 0.2) is 12.3 Å². The van der Waals surface area contributed by atoms with Crippen LogP contribution in [0.3, 0.4) is 0 Å². The zero-order valence-electron chi connectivity index (χ0n) is 11.1. The predicted molar refractivity (Wildman–Crippen MR) is 70.8 cm³/mol. The van der Waals surface area contributed by atoms with Gasteiger partial charge in [0.25, 0.3) is 5.91 Å². The lowest BCUT2D eigenvalue weighted by Crippen LogP contribution is -2.29. The van der Waals surface area contributed by atoms with Crippen molar-refractivity contribution in [1.82, 2.24) is 10.3 Å². The lowest BCUT2D eigenvalue weighted by atomic mass is 10.2. The molecule has 1 rings (SSSR count). The van der Waals surface area contributed by atoms with Crippen molar-refractivity contribution in [2.24, 2.45) is 5.73 Å². The molecule has 7 nitrogen and oxygen atoms in total. The van der Waals surface area contributed by atoms with Gasteiger partial charge in [0, 0.05) is 12.7 Å². The Morgan fingerprint density at radius 3 is 2.85 bits per heavy atom. The van der Waals surface area contributed by atoms with E-state index in [4.69, 9.17) is 5.73 Å². The van der Waals surface area contributed by atoms with Gasteiger partial charge < -0.3 is 21.1 Å². The number of amides is 2. The molecule has 2 amide bonds. The highest BCUT2D eigenvalue weighted by Crippen LogP contribution is 2.14. The zero-order valence-corrected chi connectivity index (χ0v) is 11.1. The molecule has 0 spiro atoms. The lowest BCUT2D eigenvalue weighted by Gasteiger charge is -2.09. The molecule has 0 aliphatic heterocycles. The van der Waals surface area contributed by atoms with E-state index in [1.165, 1.54) is 12.3 Å². The highest BCUT2D eigenvalue weighted by molar-refractivity contribution is 5.95. The summed E-state index contributed by atoms with van der Waals surface area (Å²) in [4.78, 5) is 25.9. The summed E-state index contributed by atoms with van der Waals surface area (Å²) in [5, 5.41) is 5.20. The quantitative estimate of drug-likeness (QED) is 0.644. The Labute approximate surface area is 115 Å². The van der Waals surface area contributed by atoms with Crippen molar-refractivity contribution in [3.8, 4) is 0 Å². The molecule has 20 heavy (non-hydrogen) atoms. The van der Waals surface area contributed by atoms with E-state index in [1.54, 1.807) is 0 Å². The van der Waals surface area contributed by atoms with Gasteiger partial charge in [0.05, 0.1) is 12.1 Å². The van der Waals surface area contributed by atoms with Crippen molar-refractivity contribution in [1.29, 1.82) is 0 Å². The second-order valence-corrected chi connectivity index (χ2v) is 3.87. The van der Waals surface area contributed by atoms with Gasteiger partial charge in [-0.1, -0.05) is 6.92 Å². The summed E-state index contributed by atoms with van der Waals surface area (Å²) in [6.07, 6.45) is 1.22.